The molecule has 0 heterocycles. The molecule has 1 amide bonds. The average molecular weight is 459 g/mol. The van der Waals surface area contributed by atoms with Gasteiger partial charge in [0.2, 0.25) is 0 Å². The molecule has 0 radical (unpaired) electrons. The van der Waals surface area contributed by atoms with Crippen LogP contribution in [0, 0.1) is 11.3 Å². The number of hydrogen-bond acceptors (Lipinski definition) is 7. The molecule has 0 aliphatic rings. The van der Waals surface area contributed by atoms with Crippen LogP contribution in [0.2, 0.25) is 5.02 Å². The molecule has 0 saturated carbocycles. The summed E-state index contributed by atoms with van der Waals surface area (Å²) in [6.45, 7) is 1.64. The maximum absolute atomic E-state index is 12.5. The van der Waals surface area contributed by atoms with Crippen LogP contribution in [0.1, 0.15) is 22.8 Å². The van der Waals surface area contributed by atoms with Crippen molar-refractivity contribution in [2.24, 2.45) is 0 Å². The molecule has 2 aromatic rings. The monoisotopic (exact) mass is 458 g/mol. The Kier molecular flexibility index (Phi) is 8.63. The number of carboxylic acid groups (broad SMARTS) is 1. The van der Waals surface area contributed by atoms with E-state index in [0.29, 0.717) is 11.3 Å². The van der Waals surface area contributed by atoms with E-state index in [2.05, 4.69) is 10.1 Å². The predicted octanol–water partition coefficient (Wildman–Crippen LogP) is 3.53. The van der Waals surface area contributed by atoms with Gasteiger partial charge in [-0.15, -0.1) is 0 Å². The Morgan fingerprint density at radius 1 is 1.19 bits per heavy atom. The van der Waals surface area contributed by atoms with E-state index in [4.69, 9.17) is 26.2 Å². The molecule has 0 bridgehead atoms. The van der Waals surface area contributed by atoms with E-state index in [1.807, 2.05) is 6.07 Å². The first-order valence-electron chi connectivity index (χ1n) is 9.21. The van der Waals surface area contributed by atoms with Crippen molar-refractivity contribution in [2.75, 3.05) is 25.6 Å². The second-order valence-corrected chi connectivity index (χ2v) is 6.54. The molecule has 0 saturated heterocycles. The average Bonchev–Trinajstić information content (AvgIpc) is 2.77. The van der Waals surface area contributed by atoms with Crippen LogP contribution in [0.5, 0.6) is 11.5 Å². The lowest BCUT2D eigenvalue weighted by Crippen LogP contribution is -2.14. The Balaban J connectivity index is 2.28. The molecule has 2 rings (SSSR count). The van der Waals surface area contributed by atoms with Crippen molar-refractivity contribution in [3.63, 3.8) is 0 Å². The van der Waals surface area contributed by atoms with Crippen molar-refractivity contribution in [1.82, 2.24) is 0 Å². The molecule has 32 heavy (non-hydrogen) atoms. The van der Waals surface area contributed by atoms with Crippen LogP contribution < -0.4 is 14.8 Å². The number of carboxylic acids is 1. The summed E-state index contributed by atoms with van der Waals surface area (Å²) in [6, 6.07) is 10.2. The fourth-order valence-corrected chi connectivity index (χ4v) is 2.75. The van der Waals surface area contributed by atoms with Crippen LogP contribution in [0.3, 0.4) is 0 Å². The van der Waals surface area contributed by atoms with Crippen LogP contribution in [-0.2, 0) is 14.3 Å². The van der Waals surface area contributed by atoms with Crippen molar-refractivity contribution < 1.29 is 33.7 Å². The standard InChI is InChI=1S/C22H19ClN2O7/c1-3-31-18-10-13(9-17(23)20(18)32-12-19(26)30-2)8-15(11-24)21(27)25-16-6-4-14(5-7-16)22(28)29/h4-10H,3,12H2,1-2H3,(H,25,27)(H,28,29). The first-order chi connectivity index (χ1) is 15.3. The molecule has 2 aromatic carbocycles. The van der Waals surface area contributed by atoms with Crippen LogP contribution >= 0.6 is 11.6 Å². The highest BCUT2D eigenvalue weighted by molar-refractivity contribution is 6.32. The van der Waals surface area contributed by atoms with Gasteiger partial charge in [-0.05, 0) is 55.0 Å². The summed E-state index contributed by atoms with van der Waals surface area (Å²) < 4.78 is 15.4. The summed E-state index contributed by atoms with van der Waals surface area (Å²) in [5.41, 5.74) is 0.540. The minimum Gasteiger partial charge on any atom is -0.490 e. The number of carbonyl (C=O) groups is 3. The van der Waals surface area contributed by atoms with Crippen molar-refractivity contribution in [2.45, 2.75) is 6.92 Å². The third kappa shape index (κ3) is 6.48. The lowest BCUT2D eigenvalue weighted by molar-refractivity contribution is -0.142. The van der Waals surface area contributed by atoms with Gasteiger partial charge < -0.3 is 24.6 Å². The molecule has 0 atom stereocenters. The molecule has 0 fully saturated rings. The summed E-state index contributed by atoms with van der Waals surface area (Å²) >= 11 is 6.26. The first-order valence-corrected chi connectivity index (χ1v) is 9.59. The number of anilines is 1. The van der Waals surface area contributed by atoms with Crippen molar-refractivity contribution in [3.05, 3.63) is 58.1 Å². The number of nitrogens with one attached hydrogen (secondary N) is 1. The number of hydrogen-bond donors (Lipinski definition) is 2. The number of carbonyl (C=O) groups excluding carboxylic acids is 2. The maximum atomic E-state index is 12.5. The second kappa shape index (κ2) is 11.4. The number of methoxy groups -OCH3 is 1. The van der Waals surface area contributed by atoms with E-state index in [1.54, 1.807) is 6.92 Å². The lowest BCUT2D eigenvalue weighted by Gasteiger charge is -2.14. The fourth-order valence-electron chi connectivity index (χ4n) is 2.47. The Labute approximate surface area is 188 Å². The molecule has 0 aliphatic heterocycles. The molecular weight excluding hydrogens is 440 g/mol. The number of esters is 1. The summed E-state index contributed by atoms with van der Waals surface area (Å²) in [5.74, 6) is -2.06. The molecule has 0 spiro atoms. The van der Waals surface area contributed by atoms with Crippen molar-refractivity contribution in [1.29, 1.82) is 5.26 Å². The third-order valence-electron chi connectivity index (χ3n) is 3.96. The Morgan fingerprint density at radius 2 is 1.88 bits per heavy atom. The summed E-state index contributed by atoms with van der Waals surface area (Å²) in [6.07, 6.45) is 1.30. The molecule has 0 unspecified atom stereocenters. The Bertz CT molecular complexity index is 1090. The highest BCUT2D eigenvalue weighted by Crippen LogP contribution is 2.37. The first kappa shape index (κ1) is 24.2. The SMILES string of the molecule is CCOc1cc(C=C(C#N)C(=O)Nc2ccc(C(=O)O)cc2)cc(Cl)c1OCC(=O)OC. The van der Waals surface area contributed by atoms with Gasteiger partial charge in [0.15, 0.2) is 18.1 Å². The summed E-state index contributed by atoms with van der Waals surface area (Å²) in [5, 5.41) is 21.0. The van der Waals surface area contributed by atoms with Crippen LogP contribution in [-0.4, -0.2) is 43.3 Å². The quantitative estimate of drug-likeness (QED) is 0.331. The highest BCUT2D eigenvalue weighted by atomic mass is 35.5. The van der Waals surface area contributed by atoms with E-state index in [9.17, 15) is 19.6 Å². The largest absolute Gasteiger partial charge is 0.490 e. The Hall–Kier alpha value is -4.03. The Morgan fingerprint density at radius 3 is 2.44 bits per heavy atom. The van der Waals surface area contributed by atoms with Gasteiger partial charge >= 0.3 is 11.9 Å². The zero-order valence-electron chi connectivity index (χ0n) is 17.2. The number of aromatic carboxylic acids is 1. The summed E-state index contributed by atoms with van der Waals surface area (Å²) in [7, 11) is 1.22. The molecule has 9 nitrogen and oxygen atoms in total. The third-order valence-corrected chi connectivity index (χ3v) is 4.24. The molecule has 0 aliphatic carbocycles. The fraction of sp³-hybridized carbons (Fsp3) is 0.182. The smallest absolute Gasteiger partial charge is 0.343 e. The van der Waals surface area contributed by atoms with Gasteiger partial charge in [0.05, 0.1) is 24.3 Å². The number of ether oxygens (including phenoxy) is 3. The van der Waals surface area contributed by atoms with Crippen molar-refractivity contribution in [3.8, 4) is 17.6 Å². The van der Waals surface area contributed by atoms with Gasteiger partial charge in [-0.3, -0.25) is 4.79 Å². The number of amides is 1. The zero-order chi connectivity index (χ0) is 23.7. The van der Waals surface area contributed by atoms with Gasteiger partial charge in [-0.1, -0.05) is 11.6 Å². The minimum atomic E-state index is -1.10. The van der Waals surface area contributed by atoms with Crippen LogP contribution in [0.15, 0.2) is 42.0 Å². The molecule has 166 valence electrons. The molecule has 0 aromatic heterocycles. The van der Waals surface area contributed by atoms with E-state index in [1.165, 1.54) is 49.6 Å². The number of halogens is 1. The van der Waals surface area contributed by atoms with E-state index < -0.39 is 17.8 Å². The van der Waals surface area contributed by atoms with E-state index >= 15 is 0 Å². The van der Waals surface area contributed by atoms with Gasteiger partial charge in [0.25, 0.3) is 5.91 Å². The number of rotatable bonds is 9. The molecular formula is C22H19ClN2O7. The summed E-state index contributed by atoms with van der Waals surface area (Å²) in [4.78, 5) is 34.7. The van der Waals surface area contributed by atoms with Crippen LogP contribution in [0.25, 0.3) is 6.08 Å². The second-order valence-electron chi connectivity index (χ2n) is 6.13. The maximum Gasteiger partial charge on any atom is 0.343 e. The normalized spacial score (nSPS) is 10.6. The van der Waals surface area contributed by atoms with Gasteiger partial charge in [0, 0.05) is 5.69 Å². The topological polar surface area (TPSA) is 135 Å². The zero-order valence-corrected chi connectivity index (χ0v) is 17.9. The lowest BCUT2D eigenvalue weighted by atomic mass is 10.1. The number of nitrogens with zero attached hydrogens (tertiary/aromatic N) is 1. The van der Waals surface area contributed by atoms with Crippen molar-refractivity contribution >= 4 is 41.2 Å². The van der Waals surface area contributed by atoms with E-state index in [0.717, 1.165) is 0 Å². The number of nitriles is 1. The van der Waals surface area contributed by atoms with E-state index in [-0.39, 0.29) is 40.9 Å². The minimum absolute atomic E-state index is 0.0617. The van der Waals surface area contributed by atoms with Crippen LogP contribution in [0.4, 0.5) is 5.69 Å². The molecule has 2 N–H and O–H groups in total. The predicted molar refractivity (Wildman–Crippen MR) is 116 cm³/mol. The highest BCUT2D eigenvalue weighted by Gasteiger charge is 2.16. The van der Waals surface area contributed by atoms with Gasteiger partial charge in [-0.25, -0.2) is 9.59 Å². The number of benzene rings is 2. The van der Waals surface area contributed by atoms with Gasteiger partial charge in [-0.2, -0.15) is 5.26 Å². The van der Waals surface area contributed by atoms with Gasteiger partial charge in [0.1, 0.15) is 11.6 Å². The molecule has 10 heteroatoms.